The van der Waals surface area contributed by atoms with E-state index in [-0.39, 0.29) is 4.90 Å². The molecular weight excluding hydrogens is 286 g/mol. The molecule has 2 N–H and O–H groups in total. The summed E-state index contributed by atoms with van der Waals surface area (Å²) < 4.78 is 27.4. The number of hydrogen-bond acceptors (Lipinski definition) is 4. The number of pyridine rings is 1. The zero-order valence-electron chi connectivity index (χ0n) is 12.1. The van der Waals surface area contributed by atoms with Crippen molar-refractivity contribution in [1.29, 1.82) is 0 Å². The van der Waals surface area contributed by atoms with Crippen LogP contribution in [0.1, 0.15) is 18.2 Å². The first-order chi connectivity index (χ1) is 10.0. The zero-order chi connectivity index (χ0) is 15.3. The average Bonchev–Trinajstić information content (AvgIpc) is 2.48. The van der Waals surface area contributed by atoms with E-state index in [9.17, 15) is 8.42 Å². The molecule has 112 valence electrons. The van der Waals surface area contributed by atoms with Gasteiger partial charge in [-0.15, -0.1) is 0 Å². The molecule has 2 rings (SSSR count). The van der Waals surface area contributed by atoms with Gasteiger partial charge in [0.05, 0.1) is 16.3 Å². The number of benzene rings is 1. The quantitative estimate of drug-likeness (QED) is 0.859. The van der Waals surface area contributed by atoms with Gasteiger partial charge in [-0.25, -0.2) is 8.42 Å². The Balaban J connectivity index is 2.25. The van der Waals surface area contributed by atoms with Crippen LogP contribution in [0.3, 0.4) is 0 Å². The first-order valence-corrected chi connectivity index (χ1v) is 8.25. The molecule has 0 saturated heterocycles. The monoisotopic (exact) mass is 305 g/mol. The molecule has 0 aliphatic heterocycles. The van der Waals surface area contributed by atoms with E-state index >= 15 is 0 Å². The highest BCUT2D eigenvalue weighted by Crippen LogP contribution is 2.18. The zero-order valence-corrected chi connectivity index (χ0v) is 12.9. The number of aromatic nitrogens is 1. The molecule has 21 heavy (non-hydrogen) atoms. The minimum Gasteiger partial charge on any atom is -0.313 e. The molecule has 0 aliphatic carbocycles. The summed E-state index contributed by atoms with van der Waals surface area (Å²) in [5.41, 5.74) is 2.07. The number of nitrogens with one attached hydrogen (secondary N) is 2. The van der Waals surface area contributed by atoms with E-state index in [0.29, 0.717) is 17.9 Å². The molecule has 0 atom stereocenters. The molecular formula is C15H19N3O2S. The molecule has 0 aliphatic rings. The van der Waals surface area contributed by atoms with E-state index in [1.165, 1.54) is 0 Å². The Labute approximate surface area is 125 Å². The van der Waals surface area contributed by atoms with Crippen LogP contribution in [0.5, 0.6) is 0 Å². The molecule has 5 nitrogen and oxygen atoms in total. The summed E-state index contributed by atoms with van der Waals surface area (Å²) >= 11 is 0. The van der Waals surface area contributed by atoms with Gasteiger partial charge in [-0.1, -0.05) is 19.1 Å². The predicted molar refractivity (Wildman–Crippen MR) is 83.6 cm³/mol. The van der Waals surface area contributed by atoms with E-state index in [0.717, 1.165) is 12.1 Å². The molecule has 6 heteroatoms. The van der Waals surface area contributed by atoms with Crippen molar-refractivity contribution in [3.63, 3.8) is 0 Å². The summed E-state index contributed by atoms with van der Waals surface area (Å²) in [4.78, 5) is 4.33. The Morgan fingerprint density at radius 1 is 1.19 bits per heavy atom. The second kappa shape index (κ2) is 6.69. The SMILES string of the molecule is CCNCc1cccc(S(=O)(=O)Nc2cccnc2C)c1. The number of aryl methyl sites for hydroxylation is 1. The fourth-order valence-electron chi connectivity index (χ4n) is 1.89. The maximum absolute atomic E-state index is 12.4. The van der Waals surface area contributed by atoms with E-state index in [4.69, 9.17) is 0 Å². The smallest absolute Gasteiger partial charge is 0.261 e. The van der Waals surface area contributed by atoms with Gasteiger partial charge < -0.3 is 5.32 Å². The van der Waals surface area contributed by atoms with E-state index < -0.39 is 10.0 Å². The molecule has 0 bridgehead atoms. The van der Waals surface area contributed by atoms with Crippen LogP contribution in [0.4, 0.5) is 5.69 Å². The maximum Gasteiger partial charge on any atom is 0.261 e. The van der Waals surface area contributed by atoms with Gasteiger partial charge in [-0.05, 0) is 43.3 Å². The molecule has 0 amide bonds. The van der Waals surface area contributed by atoms with Crippen molar-refractivity contribution in [3.05, 3.63) is 53.9 Å². The Morgan fingerprint density at radius 3 is 2.71 bits per heavy atom. The second-order valence-electron chi connectivity index (χ2n) is 4.67. The summed E-state index contributed by atoms with van der Waals surface area (Å²) in [7, 11) is -3.60. The third-order valence-corrected chi connectivity index (χ3v) is 4.40. The molecule has 0 spiro atoms. The van der Waals surface area contributed by atoms with Crippen LogP contribution in [-0.4, -0.2) is 19.9 Å². The van der Waals surface area contributed by atoms with Crippen molar-refractivity contribution < 1.29 is 8.42 Å². The number of hydrogen-bond donors (Lipinski definition) is 2. The summed E-state index contributed by atoms with van der Waals surface area (Å²) in [5, 5.41) is 3.18. The van der Waals surface area contributed by atoms with Crippen molar-refractivity contribution in [2.45, 2.75) is 25.3 Å². The lowest BCUT2D eigenvalue weighted by Crippen LogP contribution is -2.16. The highest BCUT2D eigenvalue weighted by molar-refractivity contribution is 7.92. The van der Waals surface area contributed by atoms with Crippen molar-refractivity contribution in [3.8, 4) is 0 Å². The minimum atomic E-state index is -3.60. The summed E-state index contributed by atoms with van der Waals surface area (Å²) in [6.45, 7) is 5.25. The Bertz CT molecular complexity index is 714. The van der Waals surface area contributed by atoms with Gasteiger partial charge in [0.15, 0.2) is 0 Å². The molecule has 0 unspecified atom stereocenters. The van der Waals surface area contributed by atoms with Crippen LogP contribution in [0.2, 0.25) is 0 Å². The number of anilines is 1. The Kier molecular flexibility index (Phi) is 4.93. The third-order valence-electron chi connectivity index (χ3n) is 3.04. The van der Waals surface area contributed by atoms with E-state index in [1.54, 1.807) is 43.5 Å². The Hall–Kier alpha value is -1.92. The number of nitrogens with zero attached hydrogens (tertiary/aromatic N) is 1. The van der Waals surface area contributed by atoms with Gasteiger partial charge in [0.25, 0.3) is 10.0 Å². The highest BCUT2D eigenvalue weighted by atomic mass is 32.2. The summed E-state index contributed by atoms with van der Waals surface area (Å²) in [6.07, 6.45) is 1.63. The normalized spacial score (nSPS) is 11.3. The molecule has 0 radical (unpaired) electrons. The molecule has 0 fully saturated rings. The van der Waals surface area contributed by atoms with Gasteiger partial charge in [0.2, 0.25) is 0 Å². The Morgan fingerprint density at radius 2 is 2.00 bits per heavy atom. The fraction of sp³-hybridized carbons (Fsp3) is 0.267. The van der Waals surface area contributed by atoms with Gasteiger partial charge in [-0.2, -0.15) is 0 Å². The first kappa shape index (κ1) is 15.5. The first-order valence-electron chi connectivity index (χ1n) is 6.77. The molecule has 0 saturated carbocycles. The van der Waals surface area contributed by atoms with Crippen LogP contribution in [0.25, 0.3) is 0 Å². The lowest BCUT2D eigenvalue weighted by Gasteiger charge is -2.11. The second-order valence-corrected chi connectivity index (χ2v) is 6.35. The van der Waals surface area contributed by atoms with E-state index in [1.807, 2.05) is 13.0 Å². The molecule has 1 aromatic carbocycles. The molecule has 2 aromatic rings. The topological polar surface area (TPSA) is 71.1 Å². The largest absolute Gasteiger partial charge is 0.313 e. The van der Waals surface area contributed by atoms with Crippen molar-refractivity contribution in [2.24, 2.45) is 0 Å². The number of rotatable bonds is 6. The molecule has 1 heterocycles. The lowest BCUT2D eigenvalue weighted by molar-refractivity contribution is 0.601. The fourth-order valence-corrected chi connectivity index (χ4v) is 3.08. The van der Waals surface area contributed by atoms with E-state index in [2.05, 4.69) is 15.0 Å². The van der Waals surface area contributed by atoms with Crippen molar-refractivity contribution in [1.82, 2.24) is 10.3 Å². The van der Waals surface area contributed by atoms with Gasteiger partial charge in [0.1, 0.15) is 0 Å². The highest BCUT2D eigenvalue weighted by Gasteiger charge is 2.15. The standard InChI is InChI=1S/C15H19N3O2S/c1-3-16-11-13-6-4-7-14(10-13)21(19,20)18-15-8-5-9-17-12(15)2/h4-10,16,18H,3,11H2,1-2H3. The van der Waals surface area contributed by atoms with Crippen molar-refractivity contribution in [2.75, 3.05) is 11.3 Å². The summed E-state index contributed by atoms with van der Waals surface area (Å²) in [5.74, 6) is 0. The molecule has 1 aromatic heterocycles. The van der Waals surface area contributed by atoms with Crippen LogP contribution >= 0.6 is 0 Å². The van der Waals surface area contributed by atoms with Gasteiger partial charge >= 0.3 is 0 Å². The maximum atomic E-state index is 12.4. The lowest BCUT2D eigenvalue weighted by atomic mass is 10.2. The van der Waals surface area contributed by atoms with Crippen LogP contribution < -0.4 is 10.0 Å². The predicted octanol–water partition coefficient (Wildman–Crippen LogP) is 2.30. The van der Waals surface area contributed by atoms with Gasteiger partial charge in [0, 0.05) is 12.7 Å². The third kappa shape index (κ3) is 4.03. The minimum absolute atomic E-state index is 0.251. The average molecular weight is 305 g/mol. The van der Waals surface area contributed by atoms with Crippen LogP contribution in [0, 0.1) is 6.92 Å². The van der Waals surface area contributed by atoms with Crippen LogP contribution in [-0.2, 0) is 16.6 Å². The number of sulfonamides is 1. The van der Waals surface area contributed by atoms with Gasteiger partial charge in [-0.3, -0.25) is 9.71 Å². The van der Waals surface area contributed by atoms with Crippen LogP contribution in [0.15, 0.2) is 47.5 Å². The summed E-state index contributed by atoms with van der Waals surface area (Å²) in [6, 6.07) is 10.3. The van der Waals surface area contributed by atoms with Crippen molar-refractivity contribution >= 4 is 15.7 Å².